The number of benzene rings is 2. The lowest BCUT2D eigenvalue weighted by atomic mass is 10.1. The Balaban J connectivity index is 1.58. The van der Waals surface area contributed by atoms with Crippen LogP contribution in [-0.4, -0.2) is 24.0 Å². The van der Waals surface area contributed by atoms with Crippen LogP contribution in [0.25, 0.3) is 10.9 Å². The minimum atomic E-state index is -0.0574. The van der Waals surface area contributed by atoms with Crippen LogP contribution in [0, 0.1) is 6.92 Å². The van der Waals surface area contributed by atoms with Crippen LogP contribution in [0.1, 0.15) is 11.1 Å². The molecule has 0 saturated heterocycles. The van der Waals surface area contributed by atoms with E-state index in [1.165, 1.54) is 0 Å². The maximum atomic E-state index is 12.6. The molecule has 3 aromatic rings. The molecule has 1 aromatic heterocycles. The molecule has 24 heavy (non-hydrogen) atoms. The first-order valence-electron chi connectivity index (χ1n) is 8.10. The van der Waals surface area contributed by atoms with Gasteiger partial charge in [0, 0.05) is 11.9 Å². The molecule has 0 unspecified atom stereocenters. The molecule has 4 rings (SSSR count). The number of rotatable bonds is 3. The Morgan fingerprint density at radius 1 is 1.17 bits per heavy atom. The highest BCUT2D eigenvalue weighted by atomic mass is 16.5. The Kier molecular flexibility index (Phi) is 3.65. The molecule has 0 saturated carbocycles. The van der Waals surface area contributed by atoms with Gasteiger partial charge in [0.1, 0.15) is 11.6 Å². The summed E-state index contributed by atoms with van der Waals surface area (Å²) in [5.41, 5.74) is 3.20. The van der Waals surface area contributed by atoms with Crippen LogP contribution in [0.3, 0.4) is 0 Å². The molecule has 1 amide bonds. The summed E-state index contributed by atoms with van der Waals surface area (Å²) in [7, 11) is 0. The number of aromatic nitrogens is 1. The van der Waals surface area contributed by atoms with E-state index in [1.807, 2.05) is 49.4 Å². The summed E-state index contributed by atoms with van der Waals surface area (Å²) in [6.45, 7) is 2.73. The van der Waals surface area contributed by atoms with Crippen molar-refractivity contribution in [2.75, 3.05) is 18.1 Å². The summed E-state index contributed by atoms with van der Waals surface area (Å²) in [5, 5.41) is 1.13. The summed E-state index contributed by atoms with van der Waals surface area (Å²) in [4.78, 5) is 19.1. The Morgan fingerprint density at radius 3 is 2.83 bits per heavy atom. The number of pyridine rings is 1. The van der Waals surface area contributed by atoms with Crippen molar-refractivity contribution < 1.29 is 9.53 Å². The number of hydrogen-bond donors (Lipinski definition) is 0. The monoisotopic (exact) mass is 318 g/mol. The van der Waals surface area contributed by atoms with Gasteiger partial charge in [0.15, 0.2) is 6.61 Å². The highest BCUT2D eigenvalue weighted by Gasteiger charge is 2.27. The molecule has 2 aromatic carbocycles. The normalized spacial score (nSPS) is 13.1. The largest absolute Gasteiger partial charge is 0.484 e. The van der Waals surface area contributed by atoms with Gasteiger partial charge in [0.05, 0.1) is 5.52 Å². The number of nitrogens with zero attached hydrogens (tertiary/aromatic N) is 2. The van der Waals surface area contributed by atoms with E-state index < -0.39 is 0 Å². The third-order valence-electron chi connectivity index (χ3n) is 4.37. The first kappa shape index (κ1) is 14.7. The molecule has 0 N–H and O–H groups in total. The van der Waals surface area contributed by atoms with E-state index in [2.05, 4.69) is 12.1 Å². The molecule has 0 fully saturated rings. The first-order chi connectivity index (χ1) is 11.7. The first-order valence-corrected chi connectivity index (χ1v) is 8.10. The lowest BCUT2D eigenvalue weighted by Crippen LogP contribution is -2.33. The van der Waals surface area contributed by atoms with Gasteiger partial charge in [0.2, 0.25) is 0 Å². The molecule has 0 bridgehead atoms. The number of para-hydroxylation sites is 2. The highest BCUT2D eigenvalue weighted by molar-refractivity contribution is 5.97. The van der Waals surface area contributed by atoms with Gasteiger partial charge >= 0.3 is 0 Å². The predicted molar refractivity (Wildman–Crippen MR) is 94.5 cm³/mol. The number of carbonyl (C=O) groups excluding carboxylic acids is 1. The zero-order chi connectivity index (χ0) is 16.5. The van der Waals surface area contributed by atoms with Crippen molar-refractivity contribution in [1.82, 2.24) is 4.98 Å². The summed E-state index contributed by atoms with van der Waals surface area (Å²) >= 11 is 0. The zero-order valence-electron chi connectivity index (χ0n) is 13.5. The molecular weight excluding hydrogens is 300 g/mol. The molecule has 2 heterocycles. The smallest absolute Gasteiger partial charge is 0.266 e. The van der Waals surface area contributed by atoms with E-state index in [0.717, 1.165) is 34.3 Å². The third-order valence-corrected chi connectivity index (χ3v) is 4.37. The second kappa shape index (κ2) is 5.96. The van der Waals surface area contributed by atoms with Gasteiger partial charge in [-0.25, -0.2) is 4.98 Å². The minimum absolute atomic E-state index is 0.0247. The molecule has 0 spiro atoms. The van der Waals surface area contributed by atoms with Gasteiger partial charge in [0.25, 0.3) is 5.91 Å². The topological polar surface area (TPSA) is 42.4 Å². The highest BCUT2D eigenvalue weighted by Crippen LogP contribution is 2.30. The number of aryl methyl sites for hydroxylation is 1. The van der Waals surface area contributed by atoms with E-state index >= 15 is 0 Å². The molecule has 0 radical (unpaired) electrons. The molecule has 1 aliphatic rings. The van der Waals surface area contributed by atoms with Gasteiger partial charge in [-0.2, -0.15) is 0 Å². The fourth-order valence-electron chi connectivity index (χ4n) is 3.12. The third kappa shape index (κ3) is 2.60. The van der Waals surface area contributed by atoms with Crippen molar-refractivity contribution in [2.24, 2.45) is 0 Å². The maximum absolute atomic E-state index is 12.6. The molecule has 120 valence electrons. The number of anilines is 1. The Morgan fingerprint density at radius 2 is 2.00 bits per heavy atom. The second-order valence-corrected chi connectivity index (χ2v) is 6.01. The lowest BCUT2D eigenvalue weighted by Gasteiger charge is -2.17. The molecule has 1 aliphatic heterocycles. The fourth-order valence-corrected chi connectivity index (χ4v) is 3.12. The van der Waals surface area contributed by atoms with Crippen LogP contribution in [-0.2, 0) is 11.2 Å². The van der Waals surface area contributed by atoms with Crippen LogP contribution in [0.15, 0.2) is 54.6 Å². The predicted octanol–water partition coefficient (Wildman–Crippen LogP) is 3.51. The SMILES string of the molecule is Cc1cccc2cc3c(nc12)N(C(=O)COc1ccccc1)CC3. The van der Waals surface area contributed by atoms with Gasteiger partial charge < -0.3 is 4.74 Å². The Bertz CT molecular complexity index is 906. The van der Waals surface area contributed by atoms with Crippen LogP contribution in [0.2, 0.25) is 0 Å². The van der Waals surface area contributed by atoms with E-state index in [9.17, 15) is 4.79 Å². The van der Waals surface area contributed by atoms with E-state index in [4.69, 9.17) is 9.72 Å². The molecule has 0 aliphatic carbocycles. The van der Waals surface area contributed by atoms with Crippen LogP contribution < -0.4 is 9.64 Å². The van der Waals surface area contributed by atoms with Crippen molar-refractivity contribution in [2.45, 2.75) is 13.3 Å². The summed E-state index contributed by atoms with van der Waals surface area (Å²) in [6.07, 6.45) is 0.837. The van der Waals surface area contributed by atoms with Gasteiger partial charge in [-0.05, 0) is 42.7 Å². The van der Waals surface area contributed by atoms with Gasteiger partial charge in [-0.3, -0.25) is 9.69 Å². The van der Waals surface area contributed by atoms with Crippen molar-refractivity contribution in [3.05, 3.63) is 65.7 Å². The average Bonchev–Trinajstić information content (AvgIpc) is 3.02. The summed E-state index contributed by atoms with van der Waals surface area (Å²) in [6, 6.07) is 17.7. The lowest BCUT2D eigenvalue weighted by molar-refractivity contribution is -0.120. The fraction of sp³-hybridized carbons (Fsp3) is 0.200. The molecular formula is C20H18N2O2. The quantitative estimate of drug-likeness (QED) is 0.742. The maximum Gasteiger partial charge on any atom is 0.266 e. The summed E-state index contributed by atoms with van der Waals surface area (Å²) in [5.74, 6) is 1.42. The number of amides is 1. The average molecular weight is 318 g/mol. The number of ether oxygens (including phenoxy) is 1. The summed E-state index contributed by atoms with van der Waals surface area (Å²) < 4.78 is 5.59. The van der Waals surface area contributed by atoms with Crippen LogP contribution in [0.5, 0.6) is 5.75 Å². The van der Waals surface area contributed by atoms with Crippen molar-refractivity contribution in [1.29, 1.82) is 0 Å². The standard InChI is InChI=1S/C20H18N2O2/c1-14-6-5-7-15-12-16-10-11-22(20(16)21-19(14)15)18(23)13-24-17-8-3-2-4-9-17/h2-9,12H,10-11,13H2,1H3. The Labute approximate surface area is 140 Å². The molecule has 4 nitrogen and oxygen atoms in total. The molecule has 0 atom stereocenters. The minimum Gasteiger partial charge on any atom is -0.484 e. The number of fused-ring (bicyclic) bond motifs is 2. The van der Waals surface area contributed by atoms with E-state index in [1.54, 1.807) is 4.90 Å². The molecule has 4 heteroatoms. The van der Waals surface area contributed by atoms with Crippen LogP contribution in [0.4, 0.5) is 5.82 Å². The van der Waals surface area contributed by atoms with Crippen molar-refractivity contribution in [3.8, 4) is 5.75 Å². The second-order valence-electron chi connectivity index (χ2n) is 6.01. The number of carbonyl (C=O) groups is 1. The van der Waals surface area contributed by atoms with Crippen molar-refractivity contribution >= 4 is 22.6 Å². The Hall–Kier alpha value is -2.88. The van der Waals surface area contributed by atoms with E-state index in [0.29, 0.717) is 12.3 Å². The van der Waals surface area contributed by atoms with Crippen molar-refractivity contribution in [3.63, 3.8) is 0 Å². The van der Waals surface area contributed by atoms with Gasteiger partial charge in [-0.15, -0.1) is 0 Å². The van der Waals surface area contributed by atoms with Gasteiger partial charge in [-0.1, -0.05) is 36.4 Å². The number of hydrogen-bond acceptors (Lipinski definition) is 3. The van der Waals surface area contributed by atoms with Crippen LogP contribution >= 0.6 is 0 Å². The van der Waals surface area contributed by atoms with E-state index in [-0.39, 0.29) is 12.5 Å². The zero-order valence-corrected chi connectivity index (χ0v) is 13.5.